The van der Waals surface area contributed by atoms with Gasteiger partial charge in [-0.25, -0.2) is 0 Å². The van der Waals surface area contributed by atoms with Crippen LogP contribution in [-0.2, 0) is 19.3 Å². The van der Waals surface area contributed by atoms with E-state index < -0.39 is 0 Å². The Morgan fingerprint density at radius 1 is 1.06 bits per heavy atom. The lowest BCUT2D eigenvalue weighted by atomic mass is 9.78. The number of aryl methyl sites for hydroxylation is 1. The molecule has 16 heavy (non-hydrogen) atoms. The van der Waals surface area contributed by atoms with Crippen molar-refractivity contribution in [1.29, 1.82) is 0 Å². The summed E-state index contributed by atoms with van der Waals surface area (Å²) in [5, 5.41) is 0. The summed E-state index contributed by atoms with van der Waals surface area (Å²) in [6.07, 6.45) is 8.19. The van der Waals surface area contributed by atoms with Gasteiger partial charge in [0, 0.05) is 11.3 Å². The molecule has 86 valence electrons. The molecule has 0 fully saturated rings. The monoisotopic (exact) mass is 217 g/mol. The van der Waals surface area contributed by atoms with Crippen molar-refractivity contribution in [2.45, 2.75) is 57.8 Å². The van der Waals surface area contributed by atoms with Gasteiger partial charge in [-0.15, -0.1) is 0 Å². The quantitative estimate of drug-likeness (QED) is 0.712. The zero-order valence-corrected chi connectivity index (χ0v) is 9.94. The highest BCUT2D eigenvalue weighted by Gasteiger charge is 2.25. The average Bonchev–Trinajstić information content (AvgIpc) is 2.30. The lowest BCUT2D eigenvalue weighted by Gasteiger charge is -2.28. The number of nitrogens with one attached hydrogen (secondary N) is 1. The minimum atomic E-state index is 0.196. The zero-order valence-electron chi connectivity index (χ0n) is 9.94. The van der Waals surface area contributed by atoms with Crippen LogP contribution in [0.5, 0.6) is 0 Å². The van der Waals surface area contributed by atoms with E-state index in [0.29, 0.717) is 5.92 Å². The molecule has 3 rings (SSSR count). The third-order valence-corrected chi connectivity index (χ3v) is 4.21. The molecule has 1 N–H and O–H groups in total. The van der Waals surface area contributed by atoms with Crippen molar-refractivity contribution < 1.29 is 0 Å². The van der Waals surface area contributed by atoms with Crippen LogP contribution < -0.4 is 5.56 Å². The van der Waals surface area contributed by atoms with Crippen LogP contribution in [0.4, 0.5) is 0 Å². The summed E-state index contributed by atoms with van der Waals surface area (Å²) in [6.45, 7) is 2.28. The van der Waals surface area contributed by atoms with Crippen molar-refractivity contribution in [3.05, 3.63) is 32.7 Å². The van der Waals surface area contributed by atoms with Crippen molar-refractivity contribution in [1.82, 2.24) is 4.98 Å². The Morgan fingerprint density at radius 2 is 1.81 bits per heavy atom. The first-order valence-corrected chi connectivity index (χ1v) is 6.54. The van der Waals surface area contributed by atoms with Crippen LogP contribution in [0.2, 0.25) is 0 Å². The Bertz CT molecular complexity index is 472. The molecule has 2 aliphatic carbocycles. The highest BCUT2D eigenvalue weighted by molar-refractivity contribution is 5.41. The van der Waals surface area contributed by atoms with Crippen molar-refractivity contribution in [2.75, 3.05) is 0 Å². The Balaban J connectivity index is 2.26. The fraction of sp³-hybridized carbons (Fsp3) is 0.643. The molecule has 2 aliphatic rings. The van der Waals surface area contributed by atoms with E-state index in [2.05, 4.69) is 11.9 Å². The van der Waals surface area contributed by atoms with Gasteiger partial charge in [0.25, 0.3) is 5.56 Å². The summed E-state index contributed by atoms with van der Waals surface area (Å²) in [7, 11) is 0. The number of hydrogen-bond acceptors (Lipinski definition) is 1. The van der Waals surface area contributed by atoms with Gasteiger partial charge in [0.2, 0.25) is 0 Å². The Hall–Kier alpha value is -1.05. The average molecular weight is 217 g/mol. The van der Waals surface area contributed by atoms with E-state index in [-0.39, 0.29) is 5.56 Å². The predicted octanol–water partition coefficient (Wildman–Crippen LogP) is 2.69. The maximum atomic E-state index is 12.0. The van der Waals surface area contributed by atoms with E-state index in [9.17, 15) is 4.79 Å². The van der Waals surface area contributed by atoms with Crippen LogP contribution in [0.25, 0.3) is 0 Å². The van der Waals surface area contributed by atoms with Crippen molar-refractivity contribution in [3.63, 3.8) is 0 Å². The third-order valence-electron chi connectivity index (χ3n) is 4.21. The molecule has 0 radical (unpaired) electrons. The second kappa shape index (κ2) is 3.76. The van der Waals surface area contributed by atoms with Crippen LogP contribution in [0.1, 0.15) is 60.9 Å². The van der Waals surface area contributed by atoms with Crippen LogP contribution in [-0.4, -0.2) is 4.98 Å². The van der Waals surface area contributed by atoms with E-state index in [0.717, 1.165) is 18.4 Å². The number of rotatable bonds is 0. The fourth-order valence-corrected chi connectivity index (χ4v) is 3.43. The minimum absolute atomic E-state index is 0.196. The smallest absolute Gasteiger partial charge is 0.251 e. The van der Waals surface area contributed by atoms with E-state index in [4.69, 9.17) is 0 Å². The molecule has 1 atom stereocenters. The Morgan fingerprint density at radius 3 is 2.69 bits per heavy atom. The van der Waals surface area contributed by atoms with Gasteiger partial charge >= 0.3 is 0 Å². The molecule has 2 nitrogen and oxygen atoms in total. The first-order valence-electron chi connectivity index (χ1n) is 6.54. The van der Waals surface area contributed by atoms with Crippen LogP contribution in [0.3, 0.4) is 0 Å². The summed E-state index contributed by atoms with van der Waals surface area (Å²) in [4.78, 5) is 15.1. The standard InChI is InChI=1S/C14H19NO/c1-9-5-4-7-11-13(9)10-6-2-3-8-12(10)15-14(11)16/h9H,2-8H2,1H3,(H,15,16). The topological polar surface area (TPSA) is 32.9 Å². The number of aromatic nitrogens is 1. The first kappa shape index (κ1) is 10.1. The Kier molecular flexibility index (Phi) is 2.38. The third kappa shape index (κ3) is 1.43. The molecule has 0 saturated carbocycles. The molecule has 0 saturated heterocycles. The van der Waals surface area contributed by atoms with Gasteiger partial charge in [-0.1, -0.05) is 6.92 Å². The summed E-state index contributed by atoms with van der Waals surface area (Å²) < 4.78 is 0. The van der Waals surface area contributed by atoms with E-state index in [1.54, 1.807) is 0 Å². The first-order chi connectivity index (χ1) is 7.77. The number of hydrogen-bond donors (Lipinski definition) is 1. The van der Waals surface area contributed by atoms with E-state index >= 15 is 0 Å². The second-order valence-corrected chi connectivity index (χ2v) is 5.30. The largest absolute Gasteiger partial charge is 0.326 e. The lowest BCUT2D eigenvalue weighted by Crippen LogP contribution is -2.26. The molecule has 2 heteroatoms. The predicted molar refractivity (Wildman–Crippen MR) is 65.1 cm³/mol. The molecule has 0 aliphatic heterocycles. The maximum Gasteiger partial charge on any atom is 0.251 e. The van der Waals surface area contributed by atoms with Gasteiger partial charge < -0.3 is 4.98 Å². The zero-order chi connectivity index (χ0) is 11.1. The van der Waals surface area contributed by atoms with Crippen LogP contribution in [0.15, 0.2) is 4.79 Å². The summed E-state index contributed by atoms with van der Waals surface area (Å²) in [6, 6.07) is 0. The molecular weight excluding hydrogens is 198 g/mol. The van der Waals surface area contributed by atoms with Crippen LogP contribution in [0, 0.1) is 0 Å². The molecule has 0 amide bonds. The van der Waals surface area contributed by atoms with Crippen molar-refractivity contribution >= 4 is 0 Å². The van der Waals surface area contributed by atoms with E-state index in [1.807, 2.05) is 0 Å². The van der Waals surface area contributed by atoms with Gasteiger partial charge in [0.05, 0.1) is 0 Å². The molecule has 1 unspecified atom stereocenters. The molecule has 0 bridgehead atoms. The van der Waals surface area contributed by atoms with Gasteiger partial charge in [-0.2, -0.15) is 0 Å². The second-order valence-electron chi connectivity index (χ2n) is 5.30. The SMILES string of the molecule is CC1CCCc2c1c1c([nH]c2=O)CCCC1. The number of H-pyrrole nitrogens is 1. The molecule has 1 aromatic rings. The maximum absolute atomic E-state index is 12.0. The Labute approximate surface area is 96.1 Å². The number of aromatic amines is 1. The number of pyridine rings is 1. The normalized spacial score (nSPS) is 23.7. The van der Waals surface area contributed by atoms with Gasteiger partial charge in [0.1, 0.15) is 0 Å². The minimum Gasteiger partial charge on any atom is -0.326 e. The molecular formula is C14H19NO. The van der Waals surface area contributed by atoms with E-state index in [1.165, 1.54) is 48.9 Å². The van der Waals surface area contributed by atoms with Crippen molar-refractivity contribution in [3.8, 4) is 0 Å². The molecule has 1 aromatic heterocycles. The molecule has 0 aromatic carbocycles. The van der Waals surface area contributed by atoms with Gasteiger partial charge in [-0.3, -0.25) is 4.79 Å². The highest BCUT2D eigenvalue weighted by Crippen LogP contribution is 2.35. The highest BCUT2D eigenvalue weighted by atomic mass is 16.1. The van der Waals surface area contributed by atoms with Gasteiger partial charge in [-0.05, 0) is 62.0 Å². The van der Waals surface area contributed by atoms with Crippen LogP contribution >= 0.6 is 0 Å². The molecule has 1 heterocycles. The van der Waals surface area contributed by atoms with Gasteiger partial charge in [0.15, 0.2) is 0 Å². The molecule has 0 spiro atoms. The fourth-order valence-electron chi connectivity index (χ4n) is 3.43. The summed E-state index contributed by atoms with van der Waals surface area (Å²) >= 11 is 0. The summed E-state index contributed by atoms with van der Waals surface area (Å²) in [5.74, 6) is 0.595. The summed E-state index contributed by atoms with van der Waals surface area (Å²) in [5.41, 5.74) is 5.45. The number of fused-ring (bicyclic) bond motifs is 3. The van der Waals surface area contributed by atoms with Crippen molar-refractivity contribution in [2.24, 2.45) is 0 Å². The lowest BCUT2D eigenvalue weighted by molar-refractivity contribution is 0.560.